The lowest BCUT2D eigenvalue weighted by Gasteiger charge is -1.91. The van der Waals surface area contributed by atoms with Crippen molar-refractivity contribution >= 4 is 5.69 Å². The van der Waals surface area contributed by atoms with Gasteiger partial charge in [-0.1, -0.05) is 0 Å². The maximum absolute atomic E-state index is 10.4. The van der Waals surface area contributed by atoms with Gasteiger partial charge in [0.2, 0.25) is 0 Å². The topological polar surface area (TPSA) is 63.9 Å². The van der Waals surface area contributed by atoms with Gasteiger partial charge in [0.15, 0.2) is 5.75 Å². The first-order valence-corrected chi connectivity index (χ1v) is 2.41. The number of phenolic OH excluding ortho intramolecular Hbond substituents is 1. The zero-order valence-electron chi connectivity index (χ0n) is 4.59. The summed E-state index contributed by atoms with van der Waals surface area (Å²) in [6, 6.07) is 3.42. The van der Waals surface area contributed by atoms with Crippen LogP contribution in [-0.4, -0.2) is 5.11 Å². The van der Waals surface area contributed by atoms with E-state index in [0.29, 0.717) is 0 Å². The van der Waals surface area contributed by atoms with E-state index in [2.05, 4.69) is 0 Å². The lowest BCUT2D eigenvalue weighted by molar-refractivity contribution is 0.351. The van der Waals surface area contributed by atoms with Gasteiger partial charge in [0.05, 0.1) is 5.69 Å². The van der Waals surface area contributed by atoms with Gasteiger partial charge >= 0.3 is 0 Å². The summed E-state index contributed by atoms with van der Waals surface area (Å²) in [4.78, 5) is 0. The largest absolute Gasteiger partial charge is 0.508 e. The van der Waals surface area contributed by atoms with Crippen LogP contribution in [0.1, 0.15) is 0 Å². The smallest absolute Gasteiger partial charge is 0.184 e. The van der Waals surface area contributed by atoms with E-state index in [1.54, 1.807) is 0 Å². The molecule has 2 N–H and O–H groups in total. The maximum Gasteiger partial charge on any atom is 0.184 e. The molecule has 0 aliphatic rings. The van der Waals surface area contributed by atoms with Gasteiger partial charge in [0, 0.05) is 18.2 Å². The number of aromatic hydroxyl groups is 1. The summed E-state index contributed by atoms with van der Waals surface area (Å²) in [7, 11) is 0. The Hall–Kier alpha value is -1.38. The van der Waals surface area contributed by atoms with Crippen molar-refractivity contribution in [3.05, 3.63) is 18.2 Å². The molecule has 0 atom stereocenters. The van der Waals surface area contributed by atoms with Crippen LogP contribution in [0.25, 0.3) is 0 Å². The van der Waals surface area contributed by atoms with Gasteiger partial charge < -0.3 is 10.8 Å². The normalized spacial score (nSPS) is 9.33. The molecule has 0 aliphatic heterocycles. The summed E-state index contributed by atoms with van der Waals surface area (Å²) in [5, 5.41) is 19.1. The van der Waals surface area contributed by atoms with E-state index in [9.17, 15) is 5.11 Å². The van der Waals surface area contributed by atoms with Gasteiger partial charge in [-0.2, -0.15) is 0 Å². The fraction of sp³-hybridized carbons (Fsp3) is 0. The fourth-order valence-electron chi connectivity index (χ4n) is 0.583. The maximum atomic E-state index is 10.4. The Labute approximate surface area is 52.4 Å². The molecule has 3 heteroatoms. The highest BCUT2D eigenvalue weighted by molar-refractivity contribution is 5.46. The van der Waals surface area contributed by atoms with Gasteiger partial charge in [0.1, 0.15) is 5.75 Å². The second-order valence-corrected chi connectivity index (χ2v) is 1.72. The number of rotatable bonds is 0. The van der Waals surface area contributed by atoms with Crippen molar-refractivity contribution in [2.75, 3.05) is 0 Å². The molecule has 0 bridgehead atoms. The van der Waals surface area contributed by atoms with E-state index in [1.807, 2.05) is 0 Å². The molecule has 9 heavy (non-hydrogen) atoms. The predicted molar refractivity (Wildman–Crippen MR) is 31.0 cm³/mol. The minimum absolute atomic E-state index is 0.0417. The van der Waals surface area contributed by atoms with Crippen molar-refractivity contribution < 1.29 is 10.2 Å². The molecule has 1 aromatic carbocycles. The van der Waals surface area contributed by atoms with Gasteiger partial charge in [-0.05, 0) is 0 Å². The molecule has 0 heterocycles. The predicted octanol–water partition coefficient (Wildman–Crippen LogP) is 1.45. The number of phenols is 1. The van der Waals surface area contributed by atoms with E-state index in [0.717, 1.165) is 12.1 Å². The fourth-order valence-corrected chi connectivity index (χ4v) is 0.583. The summed E-state index contributed by atoms with van der Waals surface area (Å²) in [6.45, 7) is 0. The Balaban J connectivity index is 3.17. The zero-order chi connectivity index (χ0) is 6.85. The summed E-state index contributed by atoms with van der Waals surface area (Å²) >= 11 is 0. The zero-order valence-corrected chi connectivity index (χ0v) is 4.59. The molecule has 0 fully saturated rings. The van der Waals surface area contributed by atoms with E-state index >= 15 is 0 Å². The molecule has 2 radical (unpaired) electrons. The monoisotopic (exact) mass is 123 g/mol. The Kier molecular flexibility index (Phi) is 1.18. The summed E-state index contributed by atoms with van der Waals surface area (Å²) < 4.78 is 0. The minimum Gasteiger partial charge on any atom is -0.508 e. The first-order chi connectivity index (χ1) is 4.18. The molecule has 0 spiro atoms. The van der Waals surface area contributed by atoms with Gasteiger partial charge in [0.25, 0.3) is 0 Å². The number of benzene rings is 1. The summed E-state index contributed by atoms with van der Waals surface area (Å²) in [5.74, 6) is -0.479. The van der Waals surface area contributed by atoms with Crippen molar-refractivity contribution in [3.8, 4) is 11.5 Å². The number of hydrogen-bond donors (Lipinski definition) is 1. The first-order valence-electron chi connectivity index (χ1n) is 2.41. The molecule has 0 unspecified atom stereocenters. The highest BCUT2D eigenvalue weighted by Crippen LogP contribution is 2.22. The molecule has 0 saturated carbocycles. The molecule has 0 amide bonds. The van der Waals surface area contributed by atoms with Crippen molar-refractivity contribution in [2.24, 2.45) is 0 Å². The summed E-state index contributed by atoms with van der Waals surface area (Å²) in [6.07, 6.45) is 0. The molecule has 46 valence electrons. The molecular formula is C6H5NO2. The van der Waals surface area contributed by atoms with Crippen molar-refractivity contribution in [1.29, 1.82) is 0 Å². The third-order valence-corrected chi connectivity index (χ3v) is 0.891. The quantitative estimate of drug-likeness (QED) is 0.557. The highest BCUT2D eigenvalue weighted by atomic mass is 16.3. The SMILES string of the molecule is [NH]c1cc([O])cc(O)c1. The number of hydrogen-bond acceptors (Lipinski definition) is 1. The van der Waals surface area contributed by atoms with Crippen LogP contribution in [-0.2, 0) is 5.11 Å². The van der Waals surface area contributed by atoms with Crippen LogP contribution in [0.5, 0.6) is 11.5 Å². The third kappa shape index (κ3) is 1.25. The molecule has 1 aromatic rings. The van der Waals surface area contributed by atoms with E-state index in [4.69, 9.17) is 10.8 Å². The standard InChI is InChI=1S/C6H5NO2/c7-4-1-5(8)3-6(9)2-4/h1-3,7-8H. The van der Waals surface area contributed by atoms with Crippen molar-refractivity contribution in [3.63, 3.8) is 0 Å². The summed E-state index contributed by atoms with van der Waals surface area (Å²) in [5.41, 5.74) is 6.96. The Morgan fingerprint density at radius 3 is 2.44 bits per heavy atom. The highest BCUT2D eigenvalue weighted by Gasteiger charge is 1.95. The first kappa shape index (κ1) is 5.75. The Bertz CT molecular complexity index is 172. The average molecular weight is 123 g/mol. The number of nitrogens with one attached hydrogen (secondary N) is 1. The minimum atomic E-state index is -0.333. The molecular weight excluding hydrogens is 118 g/mol. The van der Waals surface area contributed by atoms with E-state index < -0.39 is 0 Å². The molecule has 3 nitrogen and oxygen atoms in total. The van der Waals surface area contributed by atoms with Gasteiger partial charge in [-0.15, -0.1) is 0 Å². The third-order valence-electron chi connectivity index (χ3n) is 0.891. The van der Waals surface area contributed by atoms with Crippen LogP contribution >= 0.6 is 0 Å². The lowest BCUT2D eigenvalue weighted by Crippen LogP contribution is -1.68. The Morgan fingerprint density at radius 1 is 1.33 bits per heavy atom. The van der Waals surface area contributed by atoms with Crippen LogP contribution in [0.2, 0.25) is 0 Å². The second-order valence-electron chi connectivity index (χ2n) is 1.72. The lowest BCUT2D eigenvalue weighted by atomic mass is 10.3. The van der Waals surface area contributed by atoms with Crippen LogP contribution in [0.15, 0.2) is 18.2 Å². The van der Waals surface area contributed by atoms with Gasteiger partial charge in [-0.3, -0.25) is 5.11 Å². The molecule has 0 aromatic heterocycles. The van der Waals surface area contributed by atoms with Crippen molar-refractivity contribution in [2.45, 2.75) is 0 Å². The van der Waals surface area contributed by atoms with Crippen LogP contribution in [0, 0.1) is 0 Å². The van der Waals surface area contributed by atoms with Crippen LogP contribution in [0.3, 0.4) is 0 Å². The second kappa shape index (κ2) is 1.85. The molecule has 0 aliphatic carbocycles. The van der Waals surface area contributed by atoms with Gasteiger partial charge in [-0.25, -0.2) is 0 Å². The molecule has 1 rings (SSSR count). The van der Waals surface area contributed by atoms with Crippen molar-refractivity contribution in [1.82, 2.24) is 5.73 Å². The average Bonchev–Trinajstić information content (AvgIpc) is 1.59. The van der Waals surface area contributed by atoms with E-state index in [-0.39, 0.29) is 17.2 Å². The Morgan fingerprint density at radius 2 is 2.00 bits per heavy atom. The van der Waals surface area contributed by atoms with Crippen LogP contribution < -0.4 is 5.73 Å². The molecule has 0 saturated heterocycles. The van der Waals surface area contributed by atoms with Crippen LogP contribution in [0.4, 0.5) is 5.69 Å². The van der Waals surface area contributed by atoms with E-state index in [1.165, 1.54) is 6.07 Å².